The number of carbonyl (C=O) groups excluding carboxylic acids is 1. The summed E-state index contributed by atoms with van der Waals surface area (Å²) in [5, 5.41) is 11.5. The number of thiazole rings is 1. The molecular weight excluding hydrogens is 376 g/mol. The zero-order valence-corrected chi connectivity index (χ0v) is 16.6. The van der Waals surface area contributed by atoms with Crippen molar-refractivity contribution in [1.82, 2.24) is 25.1 Å². The van der Waals surface area contributed by atoms with E-state index in [0.717, 1.165) is 48.1 Å². The Labute approximate surface area is 167 Å². The largest absolute Gasteiger partial charge is 0.497 e. The molecule has 1 aliphatic rings. The first-order chi connectivity index (χ1) is 13.6. The molecule has 0 spiro atoms. The Balaban J connectivity index is 1.46. The van der Waals surface area contributed by atoms with Gasteiger partial charge in [0.05, 0.1) is 13.3 Å². The second-order valence-electron chi connectivity index (χ2n) is 6.65. The number of ether oxygens (including phenoxy) is 1. The zero-order chi connectivity index (χ0) is 19.5. The fraction of sp³-hybridized carbons (Fsp3) is 0.368. The maximum Gasteiger partial charge on any atom is 0.269 e. The standard InChI is InChI=1S/C19H22N6O2S/c1-25-19(22-16(24-25)12-7-9-20-10-8-12)23-17(26)15-11-21-18(28-15)13-3-5-14(27-2)6-4-13/h3-6,11-12,20H,7-10H2,1-2H3,(H,22,23,24,26). The summed E-state index contributed by atoms with van der Waals surface area (Å²) >= 11 is 1.34. The molecule has 1 saturated heterocycles. The molecule has 0 bridgehead atoms. The van der Waals surface area contributed by atoms with Gasteiger partial charge in [-0.1, -0.05) is 0 Å². The van der Waals surface area contributed by atoms with Crippen LogP contribution in [0.1, 0.15) is 34.3 Å². The number of nitrogens with one attached hydrogen (secondary N) is 2. The van der Waals surface area contributed by atoms with E-state index >= 15 is 0 Å². The van der Waals surface area contributed by atoms with E-state index in [1.54, 1.807) is 25.0 Å². The van der Waals surface area contributed by atoms with Crippen LogP contribution in [-0.2, 0) is 7.05 Å². The molecule has 0 unspecified atom stereocenters. The number of rotatable bonds is 5. The van der Waals surface area contributed by atoms with Gasteiger partial charge in [-0.15, -0.1) is 11.3 Å². The van der Waals surface area contributed by atoms with E-state index in [4.69, 9.17) is 4.74 Å². The lowest BCUT2D eigenvalue weighted by atomic mass is 9.98. The third kappa shape index (κ3) is 3.90. The molecule has 9 heteroatoms. The molecule has 1 fully saturated rings. The number of aromatic nitrogens is 4. The fourth-order valence-electron chi connectivity index (χ4n) is 3.18. The van der Waals surface area contributed by atoms with E-state index in [2.05, 4.69) is 25.7 Å². The van der Waals surface area contributed by atoms with Crippen molar-refractivity contribution in [2.24, 2.45) is 7.05 Å². The number of hydrogen-bond donors (Lipinski definition) is 2. The number of anilines is 1. The number of carbonyl (C=O) groups is 1. The third-order valence-corrected chi connectivity index (χ3v) is 5.82. The number of methoxy groups -OCH3 is 1. The first-order valence-electron chi connectivity index (χ1n) is 9.17. The van der Waals surface area contributed by atoms with Crippen molar-refractivity contribution in [3.63, 3.8) is 0 Å². The second kappa shape index (κ2) is 8.07. The molecule has 0 saturated carbocycles. The predicted molar refractivity (Wildman–Crippen MR) is 108 cm³/mol. The van der Waals surface area contributed by atoms with Gasteiger partial charge in [-0.3, -0.25) is 10.1 Å². The normalized spacial score (nSPS) is 14.8. The van der Waals surface area contributed by atoms with E-state index in [1.807, 2.05) is 24.3 Å². The van der Waals surface area contributed by atoms with Crippen molar-refractivity contribution in [3.8, 4) is 16.3 Å². The quantitative estimate of drug-likeness (QED) is 0.686. The van der Waals surface area contributed by atoms with Crippen molar-refractivity contribution in [2.45, 2.75) is 18.8 Å². The van der Waals surface area contributed by atoms with E-state index < -0.39 is 0 Å². The Morgan fingerprint density at radius 2 is 2.04 bits per heavy atom. The molecule has 0 atom stereocenters. The topological polar surface area (TPSA) is 94.0 Å². The van der Waals surface area contributed by atoms with Crippen LogP contribution in [0.5, 0.6) is 5.75 Å². The van der Waals surface area contributed by atoms with Gasteiger partial charge in [-0.05, 0) is 50.2 Å². The summed E-state index contributed by atoms with van der Waals surface area (Å²) in [5.41, 5.74) is 0.941. The van der Waals surface area contributed by atoms with E-state index in [1.165, 1.54) is 11.3 Å². The van der Waals surface area contributed by atoms with Gasteiger partial charge in [-0.2, -0.15) is 10.1 Å². The van der Waals surface area contributed by atoms with Crippen LogP contribution in [0.2, 0.25) is 0 Å². The van der Waals surface area contributed by atoms with Crippen LogP contribution >= 0.6 is 11.3 Å². The third-order valence-electron chi connectivity index (χ3n) is 4.78. The maximum atomic E-state index is 12.6. The minimum Gasteiger partial charge on any atom is -0.497 e. The fourth-order valence-corrected chi connectivity index (χ4v) is 3.99. The second-order valence-corrected chi connectivity index (χ2v) is 7.68. The SMILES string of the molecule is COc1ccc(-c2ncc(C(=O)Nc3nc(C4CCNCC4)nn3C)s2)cc1. The first kappa shape index (κ1) is 18.6. The molecule has 3 heterocycles. The van der Waals surface area contributed by atoms with Crippen LogP contribution in [0.4, 0.5) is 5.95 Å². The summed E-state index contributed by atoms with van der Waals surface area (Å²) < 4.78 is 6.80. The van der Waals surface area contributed by atoms with Crippen LogP contribution < -0.4 is 15.4 Å². The highest BCUT2D eigenvalue weighted by atomic mass is 32.1. The molecule has 8 nitrogen and oxygen atoms in total. The highest BCUT2D eigenvalue weighted by molar-refractivity contribution is 7.17. The van der Waals surface area contributed by atoms with Crippen LogP contribution in [-0.4, -0.2) is 45.9 Å². The molecule has 0 aliphatic carbocycles. The van der Waals surface area contributed by atoms with E-state index in [-0.39, 0.29) is 5.91 Å². The van der Waals surface area contributed by atoms with Gasteiger partial charge < -0.3 is 10.1 Å². The van der Waals surface area contributed by atoms with Crippen molar-refractivity contribution in [1.29, 1.82) is 0 Å². The molecule has 2 N–H and O–H groups in total. The molecule has 1 amide bonds. The Morgan fingerprint density at radius 1 is 1.29 bits per heavy atom. The number of aryl methyl sites for hydroxylation is 1. The Morgan fingerprint density at radius 3 is 2.75 bits per heavy atom. The summed E-state index contributed by atoms with van der Waals surface area (Å²) in [7, 11) is 3.42. The van der Waals surface area contributed by atoms with Crippen molar-refractivity contribution < 1.29 is 9.53 Å². The summed E-state index contributed by atoms with van der Waals surface area (Å²) in [6, 6.07) is 7.59. The predicted octanol–water partition coefficient (Wildman–Crippen LogP) is 2.67. The summed E-state index contributed by atoms with van der Waals surface area (Å²) in [5.74, 6) is 2.14. The van der Waals surface area contributed by atoms with Gasteiger partial charge in [0.15, 0.2) is 5.82 Å². The van der Waals surface area contributed by atoms with Crippen LogP contribution in [0.15, 0.2) is 30.5 Å². The summed E-state index contributed by atoms with van der Waals surface area (Å²) in [6.07, 6.45) is 3.61. The molecule has 4 rings (SSSR count). The van der Waals surface area contributed by atoms with Crippen molar-refractivity contribution in [2.75, 3.05) is 25.5 Å². The van der Waals surface area contributed by atoms with Crippen LogP contribution in [0, 0.1) is 0 Å². The summed E-state index contributed by atoms with van der Waals surface area (Å²) in [6.45, 7) is 1.94. The van der Waals surface area contributed by atoms with Gasteiger partial charge in [0.1, 0.15) is 15.6 Å². The maximum absolute atomic E-state index is 12.6. The van der Waals surface area contributed by atoms with Gasteiger partial charge in [0.25, 0.3) is 5.91 Å². The highest BCUT2D eigenvalue weighted by Gasteiger charge is 2.22. The average molecular weight is 398 g/mol. The minimum atomic E-state index is -0.232. The highest BCUT2D eigenvalue weighted by Crippen LogP contribution is 2.28. The molecule has 28 heavy (non-hydrogen) atoms. The molecule has 2 aromatic heterocycles. The lowest BCUT2D eigenvalue weighted by molar-refractivity contribution is 0.102. The van der Waals surface area contributed by atoms with Gasteiger partial charge in [-0.25, -0.2) is 9.67 Å². The van der Waals surface area contributed by atoms with Gasteiger partial charge >= 0.3 is 0 Å². The average Bonchev–Trinajstić information content (AvgIpc) is 3.36. The van der Waals surface area contributed by atoms with Crippen molar-refractivity contribution in [3.05, 3.63) is 41.2 Å². The van der Waals surface area contributed by atoms with Crippen molar-refractivity contribution >= 4 is 23.2 Å². The zero-order valence-electron chi connectivity index (χ0n) is 15.8. The smallest absolute Gasteiger partial charge is 0.269 e. The van der Waals surface area contributed by atoms with Crippen LogP contribution in [0.3, 0.4) is 0 Å². The Hall–Kier alpha value is -2.78. The molecule has 0 radical (unpaired) electrons. The Kier molecular flexibility index (Phi) is 5.36. The van der Waals surface area contributed by atoms with E-state index in [0.29, 0.717) is 16.7 Å². The molecule has 1 aliphatic heterocycles. The lowest BCUT2D eigenvalue weighted by Gasteiger charge is -2.19. The number of amides is 1. The molecule has 1 aromatic carbocycles. The number of nitrogens with zero attached hydrogens (tertiary/aromatic N) is 4. The van der Waals surface area contributed by atoms with Gasteiger partial charge in [0, 0.05) is 18.5 Å². The number of piperidine rings is 1. The summed E-state index contributed by atoms with van der Waals surface area (Å²) in [4.78, 5) is 22.1. The lowest BCUT2D eigenvalue weighted by Crippen LogP contribution is -2.27. The number of hydrogen-bond acceptors (Lipinski definition) is 7. The van der Waals surface area contributed by atoms with E-state index in [9.17, 15) is 4.79 Å². The number of benzene rings is 1. The molecule has 146 valence electrons. The minimum absolute atomic E-state index is 0.232. The monoisotopic (exact) mass is 398 g/mol. The molecular formula is C19H22N6O2S. The van der Waals surface area contributed by atoms with Crippen LogP contribution in [0.25, 0.3) is 10.6 Å². The first-order valence-corrected chi connectivity index (χ1v) is 9.99. The Bertz CT molecular complexity index is 959. The van der Waals surface area contributed by atoms with Gasteiger partial charge in [0.2, 0.25) is 5.95 Å². The molecule has 3 aromatic rings.